The number of rotatable bonds is 0. The van der Waals surface area contributed by atoms with Crippen LogP contribution in [-0.2, 0) is 23.2 Å². The van der Waals surface area contributed by atoms with Crippen molar-refractivity contribution < 1.29 is 23.2 Å². The molecule has 0 saturated heterocycles. The molecule has 0 aromatic heterocycles. The molecule has 0 aromatic carbocycles. The van der Waals surface area contributed by atoms with Crippen molar-refractivity contribution in [1.29, 1.82) is 0 Å². The Morgan fingerprint density at radius 1 is 1.80 bits per heavy atom. The third kappa shape index (κ3) is 1870. The zero-order valence-electron chi connectivity index (χ0n) is 2.59. The van der Waals surface area contributed by atoms with Crippen molar-refractivity contribution >= 4 is 0 Å². The van der Waals surface area contributed by atoms with Crippen LogP contribution in [0.2, 0.25) is 0 Å². The van der Waals surface area contributed by atoms with Gasteiger partial charge in [-0.1, -0.05) is 0 Å². The van der Waals surface area contributed by atoms with Gasteiger partial charge in [-0.2, -0.15) is 0 Å². The second kappa shape index (κ2) is 32.6. The van der Waals surface area contributed by atoms with Crippen molar-refractivity contribution in [1.82, 2.24) is 0 Å². The first-order chi connectivity index (χ1) is 2.41. The predicted molar refractivity (Wildman–Crippen MR) is 14.9 cm³/mol. The summed E-state index contributed by atoms with van der Waals surface area (Å²) in [6, 6.07) is 0. The Morgan fingerprint density at radius 2 is 1.80 bits per heavy atom. The van der Waals surface area contributed by atoms with Crippen LogP contribution in [0.5, 0.6) is 0 Å². The molecular formula is C3H4OPt-2. The first-order valence-corrected chi connectivity index (χ1v) is 1.80. The molecule has 1 nitrogen and oxygen atoms in total. The van der Waals surface area contributed by atoms with E-state index in [9.17, 15) is 0 Å². The average Bonchev–Trinajstić information content (AvgIpc) is 1.46. The third-order valence-electron chi connectivity index (χ3n) is 0. The van der Waals surface area contributed by atoms with Crippen molar-refractivity contribution in [2.24, 2.45) is 0 Å². The maximum atomic E-state index is 8.22. The topological polar surface area (TPSA) is 17.1 Å². The van der Waals surface area contributed by atoms with E-state index in [2.05, 4.69) is 13.5 Å². The molecular weight excluding hydrogens is 247 g/mol. The van der Waals surface area contributed by atoms with E-state index in [1.54, 1.807) is 0 Å². The van der Waals surface area contributed by atoms with E-state index in [0.29, 0.717) is 0 Å². The normalized spacial score (nSPS) is 3.60. The van der Waals surface area contributed by atoms with Crippen molar-refractivity contribution in [3.63, 3.8) is 0 Å². The Balaban J connectivity index is 0. The number of allylic oxidation sites excluding steroid dienone is 1. The first-order valence-electron chi connectivity index (χ1n) is 0.871. The van der Waals surface area contributed by atoms with Crippen molar-refractivity contribution in [2.45, 2.75) is 0 Å². The Labute approximate surface area is 43.3 Å². The molecule has 34 valence electrons. The van der Waals surface area contributed by atoms with Crippen LogP contribution in [0.25, 0.3) is 0 Å². The van der Waals surface area contributed by atoms with Gasteiger partial charge in [0.2, 0.25) is 0 Å². The molecule has 0 spiro atoms. The van der Waals surface area contributed by atoms with Gasteiger partial charge in [-0.25, -0.2) is 0 Å². The molecule has 0 radical (unpaired) electrons. The third-order valence-corrected chi connectivity index (χ3v) is 0. The van der Waals surface area contributed by atoms with Crippen molar-refractivity contribution in [2.75, 3.05) is 0 Å². The Hall–Kier alpha value is 0.0983. The second-order valence-corrected chi connectivity index (χ2v) is 0.236. The Kier molecular flexibility index (Phi) is 58.2. The monoisotopic (exact) mass is 251 g/mol. The number of hydrogen-bond acceptors (Lipinski definition) is 1. The molecule has 0 amide bonds. The van der Waals surface area contributed by atoms with Gasteiger partial charge in [0.15, 0.2) is 0 Å². The van der Waals surface area contributed by atoms with E-state index in [1.807, 2.05) is 0 Å². The molecule has 5 heavy (non-hydrogen) atoms. The molecule has 0 aliphatic carbocycles. The fraction of sp³-hybridized carbons (Fsp3) is 0. The Morgan fingerprint density at radius 3 is 1.80 bits per heavy atom. The molecule has 0 aliphatic heterocycles. The molecule has 0 heterocycles. The standard InChI is InChI=1S/C3H4.O.Pt/c1-3-2;;/h1,3H,2H2;;/q-2;;. The molecule has 0 fully saturated rings. The van der Waals surface area contributed by atoms with Gasteiger partial charge in [0.05, 0.1) is 0 Å². The van der Waals surface area contributed by atoms with E-state index in [-0.39, 0.29) is 0 Å². The number of hydrogen-bond donors (Lipinski definition) is 0. The molecule has 2 heteroatoms. The molecule has 0 N–H and O–H groups in total. The SMILES string of the molecule is [CH-]=C[CH2-].[O]=[Pt]. The van der Waals surface area contributed by atoms with Crippen LogP contribution in [0.3, 0.4) is 0 Å². The summed E-state index contributed by atoms with van der Waals surface area (Å²) in [6.07, 6.45) is 1.25. The zero-order chi connectivity index (χ0) is 4.71. The average molecular weight is 251 g/mol. The maximum absolute atomic E-state index is 8.22. The van der Waals surface area contributed by atoms with Gasteiger partial charge < -0.3 is 19.6 Å². The van der Waals surface area contributed by atoms with Gasteiger partial charge in [-0.3, -0.25) is 0 Å². The summed E-state index contributed by atoms with van der Waals surface area (Å²) in [7, 11) is 0. The van der Waals surface area contributed by atoms with Crippen molar-refractivity contribution in [3.05, 3.63) is 19.6 Å². The summed E-state index contributed by atoms with van der Waals surface area (Å²) >= 11 is 0.889. The minimum atomic E-state index is 0.889. The molecule has 0 atom stereocenters. The van der Waals surface area contributed by atoms with Crippen molar-refractivity contribution in [3.8, 4) is 0 Å². The van der Waals surface area contributed by atoms with E-state index in [1.165, 1.54) is 6.08 Å². The van der Waals surface area contributed by atoms with E-state index in [0.717, 1.165) is 19.8 Å². The molecule has 0 rings (SSSR count). The molecule has 0 saturated carbocycles. The predicted octanol–water partition coefficient (Wildman–Crippen LogP) is 0.688. The van der Waals surface area contributed by atoms with Gasteiger partial charge >= 0.3 is 23.2 Å². The van der Waals surface area contributed by atoms with Crippen LogP contribution in [-0.4, -0.2) is 0 Å². The van der Waals surface area contributed by atoms with Crippen LogP contribution < -0.4 is 0 Å². The minimum absolute atomic E-state index is 0.889. The zero-order valence-corrected chi connectivity index (χ0v) is 4.86. The van der Waals surface area contributed by atoms with Gasteiger partial charge in [-0.05, 0) is 0 Å². The fourth-order valence-corrected chi connectivity index (χ4v) is 0. The van der Waals surface area contributed by atoms with E-state index in [4.69, 9.17) is 3.40 Å². The molecule has 0 aliphatic rings. The Bertz CT molecular complexity index is 20.9. The quantitative estimate of drug-likeness (QED) is 0.579. The molecule has 0 aromatic rings. The van der Waals surface area contributed by atoms with E-state index < -0.39 is 0 Å². The summed E-state index contributed by atoms with van der Waals surface area (Å²) in [6.45, 7) is 7.75. The van der Waals surface area contributed by atoms with Gasteiger partial charge in [0.25, 0.3) is 0 Å². The van der Waals surface area contributed by atoms with Crippen LogP contribution in [0, 0.1) is 13.5 Å². The van der Waals surface area contributed by atoms with Gasteiger partial charge in [-0.15, -0.1) is 0 Å². The fourth-order valence-electron chi connectivity index (χ4n) is 0. The van der Waals surface area contributed by atoms with Gasteiger partial charge in [0.1, 0.15) is 0 Å². The molecule has 0 bridgehead atoms. The van der Waals surface area contributed by atoms with Crippen LogP contribution in [0.4, 0.5) is 0 Å². The summed E-state index contributed by atoms with van der Waals surface area (Å²) < 4.78 is 8.22. The van der Waals surface area contributed by atoms with Crippen LogP contribution in [0.1, 0.15) is 0 Å². The molecule has 0 unspecified atom stereocenters. The summed E-state index contributed by atoms with van der Waals surface area (Å²) in [5, 5.41) is 0. The van der Waals surface area contributed by atoms with Crippen LogP contribution >= 0.6 is 0 Å². The summed E-state index contributed by atoms with van der Waals surface area (Å²) in [5.74, 6) is 0. The van der Waals surface area contributed by atoms with Crippen LogP contribution in [0.15, 0.2) is 6.08 Å². The summed E-state index contributed by atoms with van der Waals surface area (Å²) in [5.41, 5.74) is 0. The van der Waals surface area contributed by atoms with E-state index >= 15 is 0 Å². The first kappa shape index (κ1) is 8.92. The van der Waals surface area contributed by atoms with Gasteiger partial charge in [0, 0.05) is 0 Å². The summed E-state index contributed by atoms with van der Waals surface area (Å²) in [4.78, 5) is 0. The second-order valence-electron chi connectivity index (χ2n) is 0.236.